The summed E-state index contributed by atoms with van der Waals surface area (Å²) in [5.74, 6) is 1.93. The van der Waals surface area contributed by atoms with Crippen LogP contribution in [0.1, 0.15) is 25.7 Å². The summed E-state index contributed by atoms with van der Waals surface area (Å²) in [6, 6.07) is 0.0846. The Morgan fingerprint density at radius 2 is 2.20 bits per heavy atom. The molecule has 2 N–H and O–H groups in total. The summed E-state index contributed by atoms with van der Waals surface area (Å²) in [7, 11) is 0. The molecule has 0 aromatic carbocycles. The summed E-state index contributed by atoms with van der Waals surface area (Å²) in [4.78, 5) is 12.2. The quantitative estimate of drug-likeness (QED) is 0.741. The third-order valence-electron chi connectivity index (χ3n) is 4.23. The zero-order valence-electron chi connectivity index (χ0n) is 8.82. The molecule has 4 unspecified atom stereocenters. The SMILES string of the molecule is NC1C2CCC(C2)C1C(=O)C1=CCCO1. The molecule has 3 nitrogen and oxygen atoms in total. The monoisotopic (exact) mass is 207 g/mol. The molecule has 2 saturated carbocycles. The van der Waals surface area contributed by atoms with Crippen LogP contribution in [-0.4, -0.2) is 18.4 Å². The van der Waals surface area contributed by atoms with Gasteiger partial charge in [0.1, 0.15) is 0 Å². The summed E-state index contributed by atoms with van der Waals surface area (Å²) in [5, 5.41) is 0. The predicted molar refractivity (Wildman–Crippen MR) is 56.0 cm³/mol. The lowest BCUT2D eigenvalue weighted by Gasteiger charge is -2.26. The summed E-state index contributed by atoms with van der Waals surface area (Å²) in [6.07, 6.45) is 6.35. The van der Waals surface area contributed by atoms with E-state index in [9.17, 15) is 4.79 Å². The van der Waals surface area contributed by atoms with E-state index in [4.69, 9.17) is 10.5 Å². The summed E-state index contributed by atoms with van der Waals surface area (Å²) < 4.78 is 5.34. The zero-order valence-corrected chi connectivity index (χ0v) is 8.82. The van der Waals surface area contributed by atoms with E-state index in [1.54, 1.807) is 0 Å². The van der Waals surface area contributed by atoms with E-state index in [1.807, 2.05) is 6.08 Å². The Kier molecular flexibility index (Phi) is 2.09. The first-order valence-electron chi connectivity index (χ1n) is 5.90. The van der Waals surface area contributed by atoms with Crippen molar-refractivity contribution in [3.05, 3.63) is 11.8 Å². The second kappa shape index (κ2) is 3.34. The highest BCUT2D eigenvalue weighted by atomic mass is 16.5. The van der Waals surface area contributed by atoms with Gasteiger partial charge >= 0.3 is 0 Å². The molecule has 0 aromatic rings. The van der Waals surface area contributed by atoms with Gasteiger partial charge in [-0.2, -0.15) is 0 Å². The topological polar surface area (TPSA) is 52.3 Å². The van der Waals surface area contributed by atoms with Crippen LogP contribution in [0, 0.1) is 17.8 Å². The lowest BCUT2D eigenvalue weighted by molar-refractivity contribution is -0.124. The Bertz CT molecular complexity index is 322. The van der Waals surface area contributed by atoms with Gasteiger partial charge in [0.05, 0.1) is 6.61 Å². The van der Waals surface area contributed by atoms with Crippen LogP contribution in [0.15, 0.2) is 11.8 Å². The molecule has 4 atom stereocenters. The van der Waals surface area contributed by atoms with Crippen molar-refractivity contribution in [2.75, 3.05) is 6.61 Å². The highest BCUT2D eigenvalue weighted by Gasteiger charge is 2.49. The van der Waals surface area contributed by atoms with Gasteiger partial charge in [-0.3, -0.25) is 4.79 Å². The van der Waals surface area contributed by atoms with Gasteiger partial charge in [0.25, 0.3) is 0 Å². The lowest BCUT2D eigenvalue weighted by atomic mass is 9.81. The number of allylic oxidation sites excluding steroid dienone is 1. The molecule has 0 amide bonds. The Morgan fingerprint density at radius 3 is 2.80 bits per heavy atom. The highest BCUT2D eigenvalue weighted by molar-refractivity contribution is 5.96. The average Bonchev–Trinajstić information content (AvgIpc) is 2.93. The average molecular weight is 207 g/mol. The number of rotatable bonds is 2. The van der Waals surface area contributed by atoms with Gasteiger partial charge in [-0.25, -0.2) is 0 Å². The van der Waals surface area contributed by atoms with Crippen molar-refractivity contribution in [1.82, 2.24) is 0 Å². The van der Waals surface area contributed by atoms with Crippen LogP contribution in [0.25, 0.3) is 0 Å². The number of Topliss-reactive ketones (excluding diaryl/α,β-unsaturated/α-hetero) is 1. The maximum Gasteiger partial charge on any atom is 0.201 e. The Hall–Kier alpha value is -0.830. The molecule has 15 heavy (non-hydrogen) atoms. The second-order valence-corrected chi connectivity index (χ2v) is 5.01. The molecule has 0 spiro atoms. The van der Waals surface area contributed by atoms with Gasteiger partial charge < -0.3 is 10.5 Å². The van der Waals surface area contributed by atoms with Gasteiger partial charge in [-0.05, 0) is 37.2 Å². The fraction of sp³-hybridized carbons (Fsp3) is 0.750. The van der Waals surface area contributed by atoms with E-state index in [2.05, 4.69) is 0 Å². The van der Waals surface area contributed by atoms with Crippen molar-refractivity contribution >= 4 is 5.78 Å². The van der Waals surface area contributed by atoms with Crippen molar-refractivity contribution in [2.45, 2.75) is 31.7 Å². The normalized spacial score (nSPS) is 42.9. The zero-order chi connectivity index (χ0) is 10.4. The summed E-state index contributed by atoms with van der Waals surface area (Å²) in [5.41, 5.74) is 6.13. The van der Waals surface area contributed by atoms with Gasteiger partial charge in [0.2, 0.25) is 5.78 Å². The summed E-state index contributed by atoms with van der Waals surface area (Å²) in [6.45, 7) is 0.664. The standard InChI is InChI=1S/C12H17NO2/c13-11-8-4-3-7(6-8)10(11)12(14)9-2-1-5-15-9/h2,7-8,10-11H,1,3-6,13H2. The van der Waals surface area contributed by atoms with Crippen molar-refractivity contribution in [2.24, 2.45) is 23.5 Å². The van der Waals surface area contributed by atoms with Crippen molar-refractivity contribution in [1.29, 1.82) is 0 Å². The van der Waals surface area contributed by atoms with Gasteiger partial charge in [0, 0.05) is 18.4 Å². The highest BCUT2D eigenvalue weighted by Crippen LogP contribution is 2.48. The van der Waals surface area contributed by atoms with Crippen molar-refractivity contribution in [3.8, 4) is 0 Å². The molecule has 1 heterocycles. The molecule has 1 aliphatic heterocycles. The minimum Gasteiger partial charge on any atom is -0.490 e. The van der Waals surface area contributed by atoms with Crippen molar-refractivity contribution in [3.63, 3.8) is 0 Å². The van der Waals surface area contributed by atoms with E-state index in [-0.39, 0.29) is 17.7 Å². The number of ether oxygens (including phenoxy) is 1. The Balaban J connectivity index is 1.79. The van der Waals surface area contributed by atoms with Gasteiger partial charge in [-0.1, -0.05) is 0 Å². The molecule has 3 heteroatoms. The molecule has 0 radical (unpaired) electrons. The van der Waals surface area contributed by atoms with E-state index >= 15 is 0 Å². The first-order valence-corrected chi connectivity index (χ1v) is 5.90. The van der Waals surface area contributed by atoms with Crippen LogP contribution in [0.5, 0.6) is 0 Å². The minimum absolute atomic E-state index is 0.0492. The number of ketones is 1. The number of carbonyl (C=O) groups is 1. The minimum atomic E-state index is 0.0492. The fourth-order valence-corrected chi connectivity index (χ4v) is 3.48. The Morgan fingerprint density at radius 1 is 1.40 bits per heavy atom. The van der Waals surface area contributed by atoms with Crippen molar-refractivity contribution < 1.29 is 9.53 Å². The first-order chi connectivity index (χ1) is 7.27. The molecular weight excluding hydrogens is 190 g/mol. The number of hydrogen-bond acceptors (Lipinski definition) is 3. The first kappa shape index (κ1) is 9.40. The summed E-state index contributed by atoms with van der Waals surface area (Å²) >= 11 is 0. The molecule has 2 fully saturated rings. The van der Waals surface area contributed by atoms with Crippen LogP contribution in [0.3, 0.4) is 0 Å². The fourth-order valence-electron chi connectivity index (χ4n) is 3.48. The van der Waals surface area contributed by atoms with E-state index in [0.29, 0.717) is 24.2 Å². The predicted octanol–water partition coefficient (Wildman–Crippen LogP) is 1.23. The van der Waals surface area contributed by atoms with Gasteiger partial charge in [0.15, 0.2) is 5.76 Å². The number of carbonyl (C=O) groups excluding carboxylic acids is 1. The molecule has 0 aromatic heterocycles. The van der Waals surface area contributed by atoms with Crippen LogP contribution < -0.4 is 5.73 Å². The molecule has 0 saturated heterocycles. The smallest absolute Gasteiger partial charge is 0.201 e. The maximum atomic E-state index is 12.2. The molecule has 82 valence electrons. The third-order valence-corrected chi connectivity index (χ3v) is 4.23. The number of nitrogens with two attached hydrogens (primary N) is 1. The van der Waals surface area contributed by atoms with Crippen LogP contribution in [0.4, 0.5) is 0 Å². The van der Waals surface area contributed by atoms with Crippen LogP contribution in [-0.2, 0) is 9.53 Å². The van der Waals surface area contributed by atoms with Crippen LogP contribution in [0.2, 0.25) is 0 Å². The number of hydrogen-bond donors (Lipinski definition) is 1. The van der Waals surface area contributed by atoms with Crippen LogP contribution >= 0.6 is 0 Å². The molecular formula is C12H17NO2. The molecule has 2 aliphatic carbocycles. The maximum absolute atomic E-state index is 12.2. The van der Waals surface area contributed by atoms with E-state index in [0.717, 1.165) is 12.8 Å². The van der Waals surface area contributed by atoms with E-state index < -0.39 is 0 Å². The number of fused-ring (bicyclic) bond motifs is 2. The van der Waals surface area contributed by atoms with E-state index in [1.165, 1.54) is 12.8 Å². The Labute approximate surface area is 89.7 Å². The second-order valence-electron chi connectivity index (χ2n) is 5.01. The largest absolute Gasteiger partial charge is 0.490 e. The molecule has 2 bridgehead atoms. The molecule has 3 rings (SSSR count). The molecule has 3 aliphatic rings. The third kappa shape index (κ3) is 1.33. The van der Waals surface area contributed by atoms with Gasteiger partial charge in [-0.15, -0.1) is 0 Å². The lowest BCUT2D eigenvalue weighted by Crippen LogP contribution is -2.40.